The predicted octanol–water partition coefficient (Wildman–Crippen LogP) is 4.60. The van der Waals surface area contributed by atoms with E-state index in [9.17, 15) is 18.8 Å². The second kappa shape index (κ2) is 8.61. The molecule has 31 heavy (non-hydrogen) atoms. The highest BCUT2D eigenvalue weighted by Gasteiger charge is 2.36. The highest BCUT2D eigenvalue weighted by atomic mass is 32.2. The van der Waals surface area contributed by atoms with Crippen molar-refractivity contribution in [3.8, 4) is 5.69 Å². The maximum atomic E-state index is 13.0. The predicted molar refractivity (Wildman–Crippen MR) is 118 cm³/mol. The number of aromatic nitrogens is 1. The van der Waals surface area contributed by atoms with E-state index < -0.39 is 29.4 Å². The molecule has 1 saturated heterocycles. The number of thioether (sulfide) groups is 1. The number of nitrogens with zero attached hydrogens (tertiary/aromatic N) is 2. The Balaban J connectivity index is 1.47. The van der Waals surface area contributed by atoms with Gasteiger partial charge in [0.05, 0.1) is 4.91 Å². The third-order valence-corrected chi connectivity index (χ3v) is 5.58. The summed E-state index contributed by atoms with van der Waals surface area (Å²) in [5, 5.41) is 2.04. The van der Waals surface area contributed by atoms with Crippen molar-refractivity contribution in [2.75, 3.05) is 11.9 Å². The van der Waals surface area contributed by atoms with Gasteiger partial charge in [0.25, 0.3) is 11.1 Å². The monoisotopic (exact) mass is 435 g/mol. The summed E-state index contributed by atoms with van der Waals surface area (Å²) >= 11 is 0.797. The number of hydrogen-bond donors (Lipinski definition) is 1. The summed E-state index contributed by atoms with van der Waals surface area (Å²) in [5.41, 5.74) is 3.13. The Morgan fingerprint density at radius 2 is 1.81 bits per heavy atom. The van der Waals surface area contributed by atoms with Gasteiger partial charge in [-0.05, 0) is 72.8 Å². The minimum atomic E-state index is -0.541. The standard InChI is InChI=1S/C23H18FN3O3S/c1-15-11-16(13-26(15)19-5-3-2-4-6-19)12-20-22(29)27(23(30)31-20)14-21(28)25-18-9-7-17(24)8-10-18/h2-13H,14H2,1H3,(H,25,28)/b20-12+. The lowest BCUT2D eigenvalue weighted by Crippen LogP contribution is -2.36. The van der Waals surface area contributed by atoms with Gasteiger partial charge in [0.15, 0.2) is 0 Å². The summed E-state index contributed by atoms with van der Waals surface area (Å²) in [7, 11) is 0. The van der Waals surface area contributed by atoms with Crippen LogP contribution < -0.4 is 5.32 Å². The number of halogens is 1. The van der Waals surface area contributed by atoms with Crippen LogP contribution in [0.25, 0.3) is 11.8 Å². The summed E-state index contributed by atoms with van der Waals surface area (Å²) < 4.78 is 15.0. The molecule has 0 atom stereocenters. The number of amides is 3. The molecule has 1 aromatic heterocycles. The first-order chi connectivity index (χ1) is 14.9. The molecule has 0 aliphatic carbocycles. The first-order valence-electron chi connectivity index (χ1n) is 9.46. The van der Waals surface area contributed by atoms with E-state index in [1.165, 1.54) is 24.3 Å². The van der Waals surface area contributed by atoms with Crippen LogP contribution in [0.5, 0.6) is 0 Å². The van der Waals surface area contributed by atoms with Gasteiger partial charge < -0.3 is 9.88 Å². The average molecular weight is 435 g/mol. The van der Waals surface area contributed by atoms with Gasteiger partial charge in [-0.15, -0.1) is 0 Å². The molecule has 1 aliphatic heterocycles. The Hall–Kier alpha value is -3.65. The van der Waals surface area contributed by atoms with Crippen LogP contribution in [0.3, 0.4) is 0 Å². The van der Waals surface area contributed by atoms with Crippen molar-refractivity contribution in [3.05, 3.63) is 88.8 Å². The molecule has 1 N–H and O–H groups in total. The molecule has 3 aromatic rings. The maximum absolute atomic E-state index is 13.0. The van der Waals surface area contributed by atoms with Gasteiger partial charge in [0.2, 0.25) is 5.91 Å². The fraction of sp³-hybridized carbons (Fsp3) is 0.0870. The molecule has 0 spiro atoms. The first kappa shape index (κ1) is 20.6. The number of carbonyl (C=O) groups is 3. The molecule has 2 aromatic carbocycles. The van der Waals surface area contributed by atoms with E-state index in [1.807, 2.05) is 54.1 Å². The quantitative estimate of drug-likeness (QED) is 0.595. The fourth-order valence-electron chi connectivity index (χ4n) is 3.21. The van der Waals surface area contributed by atoms with Crippen LogP contribution in [-0.2, 0) is 9.59 Å². The number of imide groups is 1. The third-order valence-electron chi connectivity index (χ3n) is 4.67. The second-order valence-corrected chi connectivity index (χ2v) is 7.94. The summed E-state index contributed by atoms with van der Waals surface area (Å²) in [6, 6.07) is 16.9. The molecule has 3 amide bonds. The Bertz CT molecular complexity index is 1190. The molecule has 0 saturated carbocycles. The SMILES string of the molecule is Cc1cc(/C=C2/SC(=O)N(CC(=O)Nc3ccc(F)cc3)C2=O)cn1-c1ccccc1. The highest BCUT2D eigenvalue weighted by molar-refractivity contribution is 8.18. The van der Waals surface area contributed by atoms with E-state index in [1.54, 1.807) is 6.08 Å². The molecule has 0 bridgehead atoms. The molecule has 6 nitrogen and oxygen atoms in total. The Labute approximate surface area is 182 Å². The Morgan fingerprint density at radius 1 is 1.10 bits per heavy atom. The zero-order valence-corrected chi connectivity index (χ0v) is 17.4. The molecule has 156 valence electrons. The molecule has 1 aliphatic rings. The molecule has 1 fully saturated rings. The van der Waals surface area contributed by atoms with Gasteiger partial charge in [-0.3, -0.25) is 19.3 Å². The molecular formula is C23H18FN3O3S. The van der Waals surface area contributed by atoms with Gasteiger partial charge in [-0.1, -0.05) is 18.2 Å². The molecule has 4 rings (SSSR count). The van der Waals surface area contributed by atoms with E-state index in [2.05, 4.69) is 5.32 Å². The number of carbonyl (C=O) groups excluding carboxylic acids is 3. The lowest BCUT2D eigenvalue weighted by atomic mass is 10.2. The van der Waals surface area contributed by atoms with Gasteiger partial charge in [-0.25, -0.2) is 4.39 Å². The molecule has 2 heterocycles. The summed E-state index contributed by atoms with van der Waals surface area (Å²) in [5.74, 6) is -1.49. The third kappa shape index (κ3) is 4.59. The van der Waals surface area contributed by atoms with E-state index in [-0.39, 0.29) is 4.91 Å². The van der Waals surface area contributed by atoms with Crippen LogP contribution in [-0.4, -0.2) is 33.1 Å². The van der Waals surface area contributed by atoms with E-state index in [4.69, 9.17) is 0 Å². The second-order valence-electron chi connectivity index (χ2n) is 6.94. The summed E-state index contributed by atoms with van der Waals surface area (Å²) in [6.45, 7) is 1.54. The van der Waals surface area contributed by atoms with Crippen LogP contribution in [0.15, 0.2) is 71.8 Å². The molecule has 0 unspecified atom stereocenters. The number of aryl methyl sites for hydroxylation is 1. The van der Waals surface area contributed by atoms with Crippen molar-refractivity contribution < 1.29 is 18.8 Å². The van der Waals surface area contributed by atoms with E-state index in [0.29, 0.717) is 5.69 Å². The summed E-state index contributed by atoms with van der Waals surface area (Å²) in [4.78, 5) is 38.4. The Morgan fingerprint density at radius 3 is 2.52 bits per heavy atom. The lowest BCUT2D eigenvalue weighted by molar-refractivity contribution is -0.127. The van der Waals surface area contributed by atoms with Crippen molar-refractivity contribution in [1.29, 1.82) is 0 Å². The van der Waals surface area contributed by atoms with Crippen molar-refractivity contribution >= 4 is 40.6 Å². The Kier molecular flexibility index (Phi) is 5.73. The highest BCUT2D eigenvalue weighted by Crippen LogP contribution is 2.32. The minimum absolute atomic E-state index is 0.254. The minimum Gasteiger partial charge on any atom is -0.325 e. The summed E-state index contributed by atoms with van der Waals surface area (Å²) in [6.07, 6.45) is 3.54. The van der Waals surface area contributed by atoms with Crippen molar-refractivity contribution in [3.63, 3.8) is 0 Å². The van der Waals surface area contributed by atoms with Crippen LogP contribution in [0.4, 0.5) is 14.9 Å². The molecule has 0 radical (unpaired) electrons. The number of benzene rings is 2. The normalized spacial score (nSPS) is 15.0. The van der Waals surface area contributed by atoms with E-state index >= 15 is 0 Å². The number of rotatable bonds is 5. The number of anilines is 1. The average Bonchev–Trinajstić information content (AvgIpc) is 3.24. The fourth-order valence-corrected chi connectivity index (χ4v) is 4.05. The lowest BCUT2D eigenvalue weighted by Gasteiger charge is -2.12. The van der Waals surface area contributed by atoms with Crippen LogP contribution in [0.2, 0.25) is 0 Å². The van der Waals surface area contributed by atoms with Crippen molar-refractivity contribution in [1.82, 2.24) is 9.47 Å². The number of hydrogen-bond acceptors (Lipinski definition) is 4. The van der Waals surface area contributed by atoms with Gasteiger partial charge in [-0.2, -0.15) is 0 Å². The number of nitrogens with one attached hydrogen (secondary N) is 1. The molecular weight excluding hydrogens is 417 g/mol. The van der Waals surface area contributed by atoms with Crippen molar-refractivity contribution in [2.24, 2.45) is 0 Å². The van der Waals surface area contributed by atoms with Gasteiger partial charge in [0.1, 0.15) is 12.4 Å². The topological polar surface area (TPSA) is 71.4 Å². The zero-order chi connectivity index (χ0) is 22.0. The van der Waals surface area contributed by atoms with Gasteiger partial charge in [0, 0.05) is 23.3 Å². The maximum Gasteiger partial charge on any atom is 0.294 e. The van der Waals surface area contributed by atoms with E-state index in [0.717, 1.165) is 33.6 Å². The first-order valence-corrected chi connectivity index (χ1v) is 10.3. The number of para-hydroxylation sites is 1. The largest absolute Gasteiger partial charge is 0.325 e. The smallest absolute Gasteiger partial charge is 0.294 e. The zero-order valence-electron chi connectivity index (χ0n) is 16.5. The van der Waals surface area contributed by atoms with Gasteiger partial charge >= 0.3 is 0 Å². The van der Waals surface area contributed by atoms with Crippen LogP contribution >= 0.6 is 11.8 Å². The van der Waals surface area contributed by atoms with Crippen LogP contribution in [0.1, 0.15) is 11.3 Å². The van der Waals surface area contributed by atoms with Crippen LogP contribution in [0, 0.1) is 12.7 Å². The van der Waals surface area contributed by atoms with Crippen molar-refractivity contribution in [2.45, 2.75) is 6.92 Å². The molecule has 8 heteroatoms.